The number of nitrogens with zero attached hydrogens (tertiary/aromatic N) is 2. The molecule has 2 N–H and O–H groups in total. The average Bonchev–Trinajstić information content (AvgIpc) is 3.22. The number of carbonyl (C=O) groups excluding carboxylic acids is 1. The van der Waals surface area contributed by atoms with Crippen molar-refractivity contribution in [3.05, 3.63) is 95.3 Å². The number of aliphatic carboxylic acids is 1. The Morgan fingerprint density at radius 2 is 1.69 bits per heavy atom. The Morgan fingerprint density at radius 1 is 1.00 bits per heavy atom. The van der Waals surface area contributed by atoms with Gasteiger partial charge in [-0.15, -0.1) is 11.8 Å². The van der Waals surface area contributed by atoms with Gasteiger partial charge in [0.25, 0.3) is 5.91 Å². The number of aryl methyl sites for hydroxylation is 2. The first-order chi connectivity index (χ1) is 18.5. The zero-order valence-electron chi connectivity index (χ0n) is 22.8. The Kier molecular flexibility index (Phi) is 8.45. The summed E-state index contributed by atoms with van der Waals surface area (Å²) in [4.78, 5) is 30.5. The van der Waals surface area contributed by atoms with E-state index in [2.05, 4.69) is 5.32 Å². The lowest BCUT2D eigenvalue weighted by molar-refractivity contribution is -0.138. The van der Waals surface area contributed by atoms with Crippen molar-refractivity contribution in [2.24, 2.45) is 0 Å². The van der Waals surface area contributed by atoms with E-state index in [4.69, 9.17) is 9.72 Å². The highest BCUT2D eigenvalue weighted by atomic mass is 32.2. The lowest BCUT2D eigenvalue weighted by atomic mass is 10.1. The van der Waals surface area contributed by atoms with Gasteiger partial charge in [0.15, 0.2) is 0 Å². The second kappa shape index (κ2) is 11.8. The predicted octanol–water partition coefficient (Wildman–Crippen LogP) is 6.76. The maximum absolute atomic E-state index is 13.4. The first-order valence-corrected chi connectivity index (χ1v) is 13.5. The van der Waals surface area contributed by atoms with Gasteiger partial charge in [-0.3, -0.25) is 9.59 Å². The summed E-state index contributed by atoms with van der Waals surface area (Å²) in [5.41, 5.74) is 4.75. The maximum atomic E-state index is 13.4. The molecule has 4 aromatic rings. The lowest BCUT2D eigenvalue weighted by Crippen LogP contribution is -2.26. The van der Waals surface area contributed by atoms with Gasteiger partial charge < -0.3 is 19.7 Å². The Balaban J connectivity index is 1.64. The molecule has 8 heteroatoms. The number of rotatable bonds is 10. The molecule has 4 rings (SSSR count). The molecule has 0 aliphatic carbocycles. The molecule has 0 fully saturated rings. The van der Waals surface area contributed by atoms with Crippen LogP contribution in [0.5, 0.6) is 5.75 Å². The van der Waals surface area contributed by atoms with Crippen LogP contribution < -0.4 is 10.1 Å². The first-order valence-electron chi connectivity index (χ1n) is 12.7. The topological polar surface area (TPSA) is 93.5 Å². The molecule has 0 atom stereocenters. The molecule has 1 aromatic heterocycles. The SMILES string of the molecule is Cc1ccc(NC(=O)c2nc(-c3ccc(SC(C)(C)C(=O)O)cc3)n(CCOc3ccccc3)c2C)c(C)c1. The molecule has 1 amide bonds. The van der Waals surface area contributed by atoms with Crippen LogP contribution in [0.3, 0.4) is 0 Å². The zero-order valence-corrected chi connectivity index (χ0v) is 23.6. The van der Waals surface area contributed by atoms with Gasteiger partial charge in [-0.1, -0.05) is 48.0 Å². The molecular formula is C31H33N3O4S. The van der Waals surface area contributed by atoms with Crippen LogP contribution in [-0.4, -0.2) is 37.9 Å². The van der Waals surface area contributed by atoms with Crippen LogP contribution in [0, 0.1) is 20.8 Å². The molecule has 7 nitrogen and oxygen atoms in total. The number of nitrogens with one attached hydrogen (secondary N) is 1. The van der Waals surface area contributed by atoms with Gasteiger partial charge in [-0.25, -0.2) is 4.98 Å². The number of hydrogen-bond acceptors (Lipinski definition) is 5. The van der Waals surface area contributed by atoms with E-state index in [0.29, 0.717) is 24.7 Å². The zero-order chi connectivity index (χ0) is 28.2. The van der Waals surface area contributed by atoms with E-state index in [0.717, 1.165) is 38.7 Å². The third-order valence-corrected chi connectivity index (χ3v) is 7.59. The van der Waals surface area contributed by atoms with Gasteiger partial charge in [0, 0.05) is 21.8 Å². The van der Waals surface area contributed by atoms with E-state index in [1.54, 1.807) is 13.8 Å². The van der Waals surface area contributed by atoms with E-state index in [9.17, 15) is 14.7 Å². The molecule has 0 aliphatic heterocycles. The maximum Gasteiger partial charge on any atom is 0.319 e. The highest BCUT2D eigenvalue weighted by molar-refractivity contribution is 8.01. The van der Waals surface area contributed by atoms with E-state index in [1.807, 2.05) is 98.1 Å². The number of imidazole rings is 1. The largest absolute Gasteiger partial charge is 0.492 e. The van der Waals surface area contributed by atoms with Gasteiger partial charge in [0.2, 0.25) is 0 Å². The number of ether oxygens (including phenoxy) is 1. The van der Waals surface area contributed by atoms with Crippen molar-refractivity contribution in [1.82, 2.24) is 9.55 Å². The van der Waals surface area contributed by atoms with Gasteiger partial charge >= 0.3 is 5.97 Å². The monoisotopic (exact) mass is 543 g/mol. The summed E-state index contributed by atoms with van der Waals surface area (Å²) in [7, 11) is 0. The summed E-state index contributed by atoms with van der Waals surface area (Å²) >= 11 is 1.28. The normalized spacial score (nSPS) is 11.3. The molecule has 0 aliphatic rings. The van der Waals surface area contributed by atoms with Gasteiger partial charge in [-0.2, -0.15) is 0 Å². The molecule has 1 heterocycles. The minimum atomic E-state index is -0.954. The summed E-state index contributed by atoms with van der Waals surface area (Å²) in [6.07, 6.45) is 0. The Bertz CT molecular complexity index is 1480. The fraction of sp³-hybridized carbons (Fsp3) is 0.258. The number of benzene rings is 3. The number of anilines is 1. The van der Waals surface area contributed by atoms with Crippen LogP contribution >= 0.6 is 11.8 Å². The van der Waals surface area contributed by atoms with Crippen LogP contribution in [0.25, 0.3) is 11.4 Å². The van der Waals surface area contributed by atoms with E-state index < -0.39 is 10.7 Å². The molecule has 202 valence electrons. The summed E-state index contributed by atoms with van der Waals surface area (Å²) in [6, 6.07) is 23.1. The van der Waals surface area contributed by atoms with E-state index in [1.165, 1.54) is 11.8 Å². The van der Waals surface area contributed by atoms with Gasteiger partial charge in [0.05, 0.1) is 6.54 Å². The molecule has 0 spiro atoms. The van der Waals surface area contributed by atoms with Crippen molar-refractivity contribution >= 4 is 29.3 Å². The summed E-state index contributed by atoms with van der Waals surface area (Å²) in [5.74, 6) is 0.260. The Labute approximate surface area is 233 Å². The van der Waals surface area contributed by atoms with Crippen LogP contribution in [0.2, 0.25) is 0 Å². The standard InChI is InChI=1S/C31H33N3O4S/c1-20-11-16-26(21(2)19-20)32-29(35)27-22(3)34(17-18-38-24-9-7-6-8-10-24)28(33-27)23-12-14-25(15-13-23)39-31(4,5)30(36)37/h6-16,19H,17-18H2,1-5H3,(H,32,35)(H,36,37). The Hall–Kier alpha value is -4.04. The van der Waals surface area contributed by atoms with Crippen molar-refractivity contribution in [2.45, 2.75) is 50.8 Å². The van der Waals surface area contributed by atoms with Crippen molar-refractivity contribution in [2.75, 3.05) is 11.9 Å². The quantitative estimate of drug-likeness (QED) is 0.215. The summed E-state index contributed by atoms with van der Waals surface area (Å²) < 4.78 is 6.97. The van der Waals surface area contributed by atoms with Crippen molar-refractivity contribution < 1.29 is 19.4 Å². The highest BCUT2D eigenvalue weighted by Crippen LogP contribution is 2.34. The number of para-hydroxylation sites is 1. The van der Waals surface area contributed by atoms with Crippen LogP contribution in [0.15, 0.2) is 77.7 Å². The minimum absolute atomic E-state index is 0.279. The van der Waals surface area contributed by atoms with Gasteiger partial charge in [-0.05, 0) is 70.5 Å². The lowest BCUT2D eigenvalue weighted by Gasteiger charge is -2.18. The molecule has 0 bridgehead atoms. The van der Waals surface area contributed by atoms with Crippen LogP contribution in [0.4, 0.5) is 5.69 Å². The van der Waals surface area contributed by atoms with E-state index in [-0.39, 0.29) is 5.91 Å². The minimum Gasteiger partial charge on any atom is -0.492 e. The number of amides is 1. The predicted molar refractivity (Wildman–Crippen MR) is 156 cm³/mol. The second-order valence-electron chi connectivity index (χ2n) is 9.90. The molecule has 0 radical (unpaired) electrons. The number of carboxylic acids is 1. The average molecular weight is 544 g/mol. The smallest absolute Gasteiger partial charge is 0.319 e. The van der Waals surface area contributed by atoms with Crippen molar-refractivity contribution in [3.63, 3.8) is 0 Å². The number of aromatic nitrogens is 2. The molecule has 0 saturated carbocycles. The molecule has 0 saturated heterocycles. The molecule has 39 heavy (non-hydrogen) atoms. The van der Waals surface area contributed by atoms with Crippen molar-refractivity contribution in [3.8, 4) is 17.1 Å². The molecule has 3 aromatic carbocycles. The molecule has 0 unspecified atom stereocenters. The number of carbonyl (C=O) groups is 2. The van der Waals surface area contributed by atoms with Crippen LogP contribution in [-0.2, 0) is 11.3 Å². The van der Waals surface area contributed by atoms with E-state index >= 15 is 0 Å². The van der Waals surface area contributed by atoms with Gasteiger partial charge in [0.1, 0.15) is 28.6 Å². The number of hydrogen-bond donors (Lipinski definition) is 2. The van der Waals surface area contributed by atoms with Crippen LogP contribution in [0.1, 0.15) is 41.2 Å². The summed E-state index contributed by atoms with van der Waals surface area (Å²) in [6.45, 7) is 10.1. The Morgan fingerprint density at radius 3 is 2.33 bits per heavy atom. The third kappa shape index (κ3) is 6.70. The number of carboxylic acid groups (broad SMARTS) is 1. The third-order valence-electron chi connectivity index (χ3n) is 6.39. The summed E-state index contributed by atoms with van der Waals surface area (Å²) in [5, 5.41) is 12.5. The highest BCUT2D eigenvalue weighted by Gasteiger charge is 2.28. The first kappa shape index (κ1) is 28.0. The second-order valence-corrected chi connectivity index (χ2v) is 11.6. The fourth-order valence-electron chi connectivity index (χ4n) is 4.16. The molecular weight excluding hydrogens is 510 g/mol. The van der Waals surface area contributed by atoms with Crippen molar-refractivity contribution in [1.29, 1.82) is 0 Å². The number of thioether (sulfide) groups is 1. The fourth-order valence-corrected chi connectivity index (χ4v) is 5.11.